The summed E-state index contributed by atoms with van der Waals surface area (Å²) in [5.41, 5.74) is 0.661. The lowest BCUT2D eigenvalue weighted by Gasteiger charge is -2.37. The number of aromatic nitrogens is 2. The molecule has 2 aromatic rings. The molecule has 2 aliphatic heterocycles. The summed E-state index contributed by atoms with van der Waals surface area (Å²) in [6.07, 6.45) is 4.86. The molecule has 3 heterocycles. The van der Waals surface area contributed by atoms with Crippen LogP contribution in [-0.2, 0) is 14.6 Å². The average Bonchev–Trinajstić information content (AvgIpc) is 3.47. The van der Waals surface area contributed by atoms with Gasteiger partial charge in [-0.2, -0.15) is 0 Å². The van der Waals surface area contributed by atoms with E-state index in [-0.39, 0.29) is 40.8 Å². The number of hydrogen-bond acceptors (Lipinski definition) is 7. The first kappa shape index (κ1) is 22.9. The average molecular weight is 491 g/mol. The summed E-state index contributed by atoms with van der Waals surface area (Å²) in [5, 5.41) is 1.26. The molecule has 0 spiro atoms. The normalized spacial score (nSPS) is 24.0. The number of para-hydroxylation sites is 1. The molecule has 8 nitrogen and oxygen atoms in total. The fraction of sp³-hybridized carbons (Fsp3) is 0.609. The van der Waals surface area contributed by atoms with E-state index >= 15 is 0 Å². The zero-order valence-electron chi connectivity index (χ0n) is 18.7. The highest BCUT2D eigenvalue weighted by molar-refractivity contribution is 7.99. The minimum Gasteiger partial charge on any atom is -0.339 e. The molecule has 1 aromatic carbocycles. The highest BCUT2D eigenvalue weighted by atomic mass is 32.2. The number of benzene rings is 1. The van der Waals surface area contributed by atoms with E-state index in [4.69, 9.17) is 4.98 Å². The summed E-state index contributed by atoms with van der Waals surface area (Å²) < 4.78 is 25.4. The van der Waals surface area contributed by atoms with Crippen molar-refractivity contribution in [2.45, 2.75) is 49.3 Å². The SMILES string of the molecule is O=C(CSc1nc2ccccc2c(=O)n1C1CCCC1)N1CCN(C2CCS(=O)(=O)C2)CC1. The number of rotatable bonds is 5. The second-order valence-corrected chi connectivity index (χ2v) is 12.5. The molecule has 1 amide bonds. The molecule has 1 saturated carbocycles. The molecule has 5 rings (SSSR count). The number of carbonyl (C=O) groups excluding carboxylic acids is 1. The van der Waals surface area contributed by atoms with Crippen molar-refractivity contribution in [1.29, 1.82) is 0 Å². The van der Waals surface area contributed by atoms with E-state index in [1.54, 1.807) is 0 Å². The summed E-state index contributed by atoms with van der Waals surface area (Å²) in [7, 11) is -2.90. The predicted octanol–water partition coefficient (Wildman–Crippen LogP) is 1.94. The van der Waals surface area contributed by atoms with Crippen molar-refractivity contribution in [3.8, 4) is 0 Å². The molecule has 1 unspecified atom stereocenters. The lowest BCUT2D eigenvalue weighted by Crippen LogP contribution is -2.52. The summed E-state index contributed by atoms with van der Waals surface area (Å²) in [6, 6.07) is 7.65. The van der Waals surface area contributed by atoms with Gasteiger partial charge >= 0.3 is 0 Å². The van der Waals surface area contributed by atoms with Crippen molar-refractivity contribution >= 4 is 38.4 Å². The summed E-state index contributed by atoms with van der Waals surface area (Å²) in [5.74, 6) is 0.798. The van der Waals surface area contributed by atoms with Crippen LogP contribution in [-0.4, -0.2) is 83.2 Å². The molecule has 0 N–H and O–H groups in total. The van der Waals surface area contributed by atoms with E-state index in [0.29, 0.717) is 48.7 Å². The van der Waals surface area contributed by atoms with Crippen LogP contribution in [0.4, 0.5) is 0 Å². The fourth-order valence-electron chi connectivity index (χ4n) is 5.33. The molecule has 33 heavy (non-hydrogen) atoms. The third kappa shape index (κ3) is 4.83. The van der Waals surface area contributed by atoms with Crippen LogP contribution in [0.15, 0.2) is 34.2 Å². The Labute approximate surface area is 198 Å². The zero-order valence-corrected chi connectivity index (χ0v) is 20.3. The Kier molecular flexibility index (Phi) is 6.50. The molecule has 1 atom stereocenters. The monoisotopic (exact) mass is 490 g/mol. The highest BCUT2D eigenvalue weighted by Crippen LogP contribution is 2.32. The van der Waals surface area contributed by atoms with Crippen LogP contribution >= 0.6 is 11.8 Å². The molecular weight excluding hydrogens is 460 g/mol. The van der Waals surface area contributed by atoms with Crippen molar-refractivity contribution in [3.63, 3.8) is 0 Å². The number of sulfone groups is 1. The van der Waals surface area contributed by atoms with Gasteiger partial charge in [0.15, 0.2) is 15.0 Å². The first-order valence-electron chi connectivity index (χ1n) is 11.8. The lowest BCUT2D eigenvalue weighted by molar-refractivity contribution is -0.130. The first-order chi connectivity index (χ1) is 15.9. The zero-order chi connectivity index (χ0) is 23.0. The Morgan fingerprint density at radius 3 is 2.45 bits per heavy atom. The van der Waals surface area contributed by atoms with Gasteiger partial charge in [-0.25, -0.2) is 13.4 Å². The highest BCUT2D eigenvalue weighted by Gasteiger charge is 2.34. The summed E-state index contributed by atoms with van der Waals surface area (Å²) in [4.78, 5) is 35.0. The molecule has 2 saturated heterocycles. The molecule has 0 radical (unpaired) electrons. The topological polar surface area (TPSA) is 92.6 Å². The Bertz CT molecular complexity index is 1200. The quantitative estimate of drug-likeness (QED) is 0.467. The van der Waals surface area contributed by atoms with Crippen LogP contribution in [0.3, 0.4) is 0 Å². The third-order valence-electron chi connectivity index (χ3n) is 7.18. The second kappa shape index (κ2) is 9.38. The van der Waals surface area contributed by atoms with Crippen molar-refractivity contribution in [2.24, 2.45) is 0 Å². The molecule has 178 valence electrons. The predicted molar refractivity (Wildman–Crippen MR) is 129 cm³/mol. The van der Waals surface area contributed by atoms with Crippen LogP contribution in [0.1, 0.15) is 38.1 Å². The van der Waals surface area contributed by atoms with Gasteiger partial charge < -0.3 is 4.90 Å². The molecule has 1 aliphatic carbocycles. The van der Waals surface area contributed by atoms with E-state index in [9.17, 15) is 18.0 Å². The van der Waals surface area contributed by atoms with Gasteiger partial charge in [-0.1, -0.05) is 36.7 Å². The van der Waals surface area contributed by atoms with E-state index in [0.717, 1.165) is 25.7 Å². The first-order valence-corrected chi connectivity index (χ1v) is 14.6. The van der Waals surface area contributed by atoms with Crippen LogP contribution in [0.25, 0.3) is 10.9 Å². The molecule has 3 aliphatic rings. The standard InChI is InChI=1S/C23H30N4O4S2/c28-21(26-12-10-25(11-13-26)18-9-14-33(30,31)16-18)15-32-23-24-20-8-4-3-7-19(20)22(29)27(23)17-5-1-2-6-17/h3-4,7-8,17-18H,1-2,5-6,9-16H2. The number of thioether (sulfide) groups is 1. The number of piperazine rings is 1. The Morgan fingerprint density at radius 2 is 1.76 bits per heavy atom. The maximum absolute atomic E-state index is 13.3. The van der Waals surface area contributed by atoms with Gasteiger partial charge in [-0.05, 0) is 31.4 Å². The van der Waals surface area contributed by atoms with Gasteiger partial charge in [0, 0.05) is 38.3 Å². The number of amides is 1. The van der Waals surface area contributed by atoms with Gasteiger partial charge in [0.25, 0.3) is 5.56 Å². The largest absolute Gasteiger partial charge is 0.339 e. The molecule has 0 bridgehead atoms. The second-order valence-electron chi connectivity index (χ2n) is 9.29. The van der Waals surface area contributed by atoms with Crippen molar-refractivity contribution in [2.75, 3.05) is 43.4 Å². The van der Waals surface area contributed by atoms with Gasteiger partial charge in [0.2, 0.25) is 5.91 Å². The van der Waals surface area contributed by atoms with E-state index in [2.05, 4.69) is 4.90 Å². The maximum Gasteiger partial charge on any atom is 0.262 e. The van der Waals surface area contributed by atoms with Gasteiger partial charge in [0.1, 0.15) is 0 Å². The van der Waals surface area contributed by atoms with Crippen LogP contribution < -0.4 is 5.56 Å². The van der Waals surface area contributed by atoms with Crippen LogP contribution in [0, 0.1) is 0 Å². The number of fused-ring (bicyclic) bond motifs is 1. The Morgan fingerprint density at radius 1 is 1.03 bits per heavy atom. The number of carbonyl (C=O) groups is 1. The minimum absolute atomic E-state index is 0.0115. The van der Waals surface area contributed by atoms with Gasteiger partial charge in [-0.3, -0.25) is 19.1 Å². The fourth-order valence-corrected chi connectivity index (χ4v) is 8.06. The Balaban J connectivity index is 1.26. The Hall–Kier alpha value is -1.91. The van der Waals surface area contributed by atoms with Gasteiger partial charge in [0.05, 0.1) is 28.2 Å². The molecular formula is C23H30N4O4S2. The number of hydrogen-bond donors (Lipinski definition) is 0. The minimum atomic E-state index is -2.90. The molecule has 1 aromatic heterocycles. The molecule has 10 heteroatoms. The smallest absolute Gasteiger partial charge is 0.262 e. The van der Waals surface area contributed by atoms with Crippen molar-refractivity contribution < 1.29 is 13.2 Å². The summed E-state index contributed by atoms with van der Waals surface area (Å²) in [6.45, 7) is 2.63. The molecule has 3 fully saturated rings. The maximum atomic E-state index is 13.3. The van der Waals surface area contributed by atoms with E-state index in [1.807, 2.05) is 33.7 Å². The lowest BCUT2D eigenvalue weighted by atomic mass is 10.2. The summed E-state index contributed by atoms with van der Waals surface area (Å²) >= 11 is 1.36. The van der Waals surface area contributed by atoms with Crippen molar-refractivity contribution in [1.82, 2.24) is 19.4 Å². The third-order valence-corrected chi connectivity index (χ3v) is 9.87. The van der Waals surface area contributed by atoms with E-state index in [1.165, 1.54) is 11.8 Å². The van der Waals surface area contributed by atoms with Crippen molar-refractivity contribution in [3.05, 3.63) is 34.6 Å². The van der Waals surface area contributed by atoms with Crippen LogP contribution in [0.2, 0.25) is 0 Å². The number of nitrogens with zero attached hydrogens (tertiary/aromatic N) is 4. The van der Waals surface area contributed by atoms with Crippen LogP contribution in [0.5, 0.6) is 0 Å². The van der Waals surface area contributed by atoms with Gasteiger partial charge in [-0.15, -0.1) is 0 Å². The van der Waals surface area contributed by atoms with E-state index < -0.39 is 9.84 Å².